The van der Waals surface area contributed by atoms with Crippen LogP contribution in [0.3, 0.4) is 0 Å². The summed E-state index contributed by atoms with van der Waals surface area (Å²) in [5, 5.41) is 71.7. The van der Waals surface area contributed by atoms with E-state index in [0.29, 0.717) is 13.0 Å². The predicted octanol–water partition coefficient (Wildman–Crippen LogP) is 4.90. The fraction of sp³-hybridized carbons (Fsp3) is 0.886. The van der Waals surface area contributed by atoms with Gasteiger partial charge in [-0.1, -0.05) is 122 Å². The van der Waals surface area contributed by atoms with Crippen LogP contribution in [0.1, 0.15) is 149 Å². The van der Waals surface area contributed by atoms with Crippen LogP contribution in [-0.4, -0.2) is 142 Å². The molecular formula is C44H80O14. The molecule has 2 aliphatic rings. The van der Waals surface area contributed by atoms with E-state index in [-0.39, 0.29) is 25.6 Å². The Hall–Kier alpha value is -1.53. The maximum absolute atomic E-state index is 12.9. The molecule has 2 saturated heterocycles. The van der Waals surface area contributed by atoms with Gasteiger partial charge in [-0.2, -0.15) is 0 Å². The van der Waals surface area contributed by atoms with Crippen molar-refractivity contribution in [2.75, 3.05) is 33.0 Å². The summed E-state index contributed by atoms with van der Waals surface area (Å²) in [7, 11) is 0. The van der Waals surface area contributed by atoms with Crippen molar-refractivity contribution in [1.82, 2.24) is 0 Å². The summed E-state index contributed by atoms with van der Waals surface area (Å²) >= 11 is 0. The van der Waals surface area contributed by atoms with E-state index in [1.54, 1.807) is 0 Å². The monoisotopic (exact) mass is 833 g/mol. The number of unbranched alkanes of at least 4 members (excludes halogenated alkanes) is 16. The fourth-order valence-corrected chi connectivity index (χ4v) is 6.96. The first kappa shape index (κ1) is 52.6. The topological polar surface area (TPSA) is 214 Å². The number of carbonyl (C=O) groups excluding carboxylic acids is 1. The molecule has 2 fully saturated rings. The second-order valence-electron chi connectivity index (χ2n) is 15.9. The number of hydrogen-bond donors (Lipinski definition) is 7. The first-order chi connectivity index (χ1) is 28.1. The van der Waals surface area contributed by atoms with Gasteiger partial charge in [0, 0.05) is 13.0 Å². The molecule has 0 bridgehead atoms. The number of ether oxygens (including phenoxy) is 6. The van der Waals surface area contributed by atoms with E-state index in [1.165, 1.54) is 70.6 Å². The molecule has 7 N–H and O–H groups in total. The van der Waals surface area contributed by atoms with Crippen molar-refractivity contribution in [3.8, 4) is 0 Å². The highest BCUT2D eigenvalue weighted by Crippen LogP contribution is 2.26. The summed E-state index contributed by atoms with van der Waals surface area (Å²) in [5.74, 6) is -0.387. The van der Waals surface area contributed by atoms with Gasteiger partial charge < -0.3 is 64.2 Å². The zero-order valence-electron chi connectivity index (χ0n) is 35.5. The quantitative estimate of drug-likeness (QED) is 0.0261. The van der Waals surface area contributed by atoms with E-state index >= 15 is 0 Å². The normalized spacial score (nSPS) is 28.4. The number of esters is 1. The third-order valence-corrected chi connectivity index (χ3v) is 10.7. The average molecular weight is 833 g/mol. The lowest BCUT2D eigenvalue weighted by Crippen LogP contribution is -2.61. The van der Waals surface area contributed by atoms with Gasteiger partial charge in [0.15, 0.2) is 12.6 Å². The van der Waals surface area contributed by atoms with E-state index in [4.69, 9.17) is 28.4 Å². The molecular weight excluding hydrogens is 752 g/mol. The van der Waals surface area contributed by atoms with Crippen LogP contribution in [-0.2, 0) is 33.2 Å². The van der Waals surface area contributed by atoms with Crippen molar-refractivity contribution < 1.29 is 69.0 Å². The van der Waals surface area contributed by atoms with Crippen LogP contribution in [0.4, 0.5) is 0 Å². The van der Waals surface area contributed by atoms with Crippen molar-refractivity contribution in [1.29, 1.82) is 0 Å². The lowest BCUT2D eigenvalue weighted by atomic mass is 9.98. The Morgan fingerprint density at radius 3 is 1.69 bits per heavy atom. The van der Waals surface area contributed by atoms with Gasteiger partial charge in [-0.05, 0) is 44.9 Å². The average Bonchev–Trinajstić information content (AvgIpc) is 3.22. The van der Waals surface area contributed by atoms with Crippen LogP contribution in [0.15, 0.2) is 24.3 Å². The standard InChI is InChI=1S/C44H80O14/c1-3-5-7-9-11-12-13-14-15-16-17-18-19-20-21-23-25-27-36(46)56-33(30-53-28-26-24-22-10-8-6-4-2)31-54-43-42(52)40(50)38(48)35(58-43)32-55-44-41(51)39(49)37(47)34(29-45)57-44/h11-12,14-15,33-35,37-45,47-52H,3-10,13,16-32H2,1-2H3/b12-11-,15-14-. The molecule has 0 spiro atoms. The summed E-state index contributed by atoms with van der Waals surface area (Å²) in [6.45, 7) is 3.60. The smallest absolute Gasteiger partial charge is 0.306 e. The molecule has 2 heterocycles. The number of aliphatic hydroxyl groups is 7. The second kappa shape index (κ2) is 33.1. The zero-order chi connectivity index (χ0) is 42.4. The van der Waals surface area contributed by atoms with Crippen molar-refractivity contribution in [2.45, 2.75) is 216 Å². The van der Waals surface area contributed by atoms with Crippen LogP contribution < -0.4 is 0 Å². The van der Waals surface area contributed by atoms with Crippen LogP contribution >= 0.6 is 0 Å². The number of rotatable bonds is 34. The molecule has 58 heavy (non-hydrogen) atoms. The van der Waals surface area contributed by atoms with Crippen molar-refractivity contribution in [3.63, 3.8) is 0 Å². The molecule has 14 nitrogen and oxygen atoms in total. The summed E-state index contributed by atoms with van der Waals surface area (Å²) in [5.41, 5.74) is 0. The van der Waals surface area contributed by atoms with Gasteiger partial charge in [-0.15, -0.1) is 0 Å². The van der Waals surface area contributed by atoms with Crippen molar-refractivity contribution >= 4 is 5.97 Å². The summed E-state index contributed by atoms with van der Waals surface area (Å²) < 4.78 is 34.0. The molecule has 11 unspecified atom stereocenters. The zero-order valence-corrected chi connectivity index (χ0v) is 35.5. The number of aliphatic hydroxyl groups excluding tert-OH is 7. The molecule has 0 amide bonds. The molecule has 0 saturated carbocycles. The predicted molar refractivity (Wildman–Crippen MR) is 220 cm³/mol. The molecule has 340 valence electrons. The van der Waals surface area contributed by atoms with Crippen LogP contribution in [0.2, 0.25) is 0 Å². The van der Waals surface area contributed by atoms with Gasteiger partial charge in [0.25, 0.3) is 0 Å². The SMILES string of the molecule is CCCCC/C=C\C/C=C\CCCCCCCCCC(=O)OC(COCCCCCCCCC)COC1OC(COC2OC(CO)C(O)C(O)C2O)C(O)C(O)C1O. The van der Waals surface area contributed by atoms with E-state index in [9.17, 15) is 40.5 Å². The van der Waals surface area contributed by atoms with Crippen molar-refractivity contribution in [3.05, 3.63) is 24.3 Å². The molecule has 0 aromatic carbocycles. The number of carbonyl (C=O) groups is 1. The molecule has 14 heteroatoms. The summed E-state index contributed by atoms with van der Waals surface area (Å²) in [6.07, 6.45) is 15.5. The Bertz CT molecular complexity index is 1060. The molecule has 0 radical (unpaired) electrons. The first-order valence-electron chi connectivity index (χ1n) is 22.4. The van der Waals surface area contributed by atoms with E-state index < -0.39 is 80.7 Å². The van der Waals surface area contributed by atoms with Crippen LogP contribution in [0.5, 0.6) is 0 Å². The van der Waals surface area contributed by atoms with Gasteiger partial charge in [0.05, 0.1) is 26.4 Å². The Morgan fingerprint density at radius 2 is 1.07 bits per heavy atom. The van der Waals surface area contributed by atoms with Gasteiger partial charge >= 0.3 is 5.97 Å². The second-order valence-corrected chi connectivity index (χ2v) is 15.9. The number of hydrogen-bond acceptors (Lipinski definition) is 14. The van der Waals surface area contributed by atoms with Crippen molar-refractivity contribution in [2.24, 2.45) is 0 Å². The molecule has 0 aromatic rings. The Balaban J connectivity index is 1.78. The lowest BCUT2D eigenvalue weighted by molar-refractivity contribution is -0.332. The fourth-order valence-electron chi connectivity index (χ4n) is 6.96. The summed E-state index contributed by atoms with van der Waals surface area (Å²) in [4.78, 5) is 12.9. The van der Waals surface area contributed by atoms with Crippen LogP contribution in [0, 0.1) is 0 Å². The lowest BCUT2D eigenvalue weighted by Gasteiger charge is -2.42. The molecule has 2 rings (SSSR count). The molecule has 0 aromatic heterocycles. The van der Waals surface area contributed by atoms with E-state index in [1.807, 2.05) is 0 Å². The minimum absolute atomic E-state index is 0.0597. The van der Waals surface area contributed by atoms with Gasteiger partial charge in [0.2, 0.25) is 0 Å². The maximum Gasteiger partial charge on any atom is 0.306 e. The highest BCUT2D eigenvalue weighted by molar-refractivity contribution is 5.69. The molecule has 0 aliphatic carbocycles. The Labute approximate surface area is 347 Å². The highest BCUT2D eigenvalue weighted by Gasteiger charge is 2.47. The Morgan fingerprint density at radius 1 is 0.569 bits per heavy atom. The molecule has 11 atom stereocenters. The number of allylic oxidation sites excluding steroid dienone is 4. The van der Waals surface area contributed by atoms with Gasteiger partial charge in [-0.3, -0.25) is 4.79 Å². The minimum Gasteiger partial charge on any atom is -0.457 e. The van der Waals surface area contributed by atoms with Gasteiger partial charge in [-0.25, -0.2) is 0 Å². The summed E-state index contributed by atoms with van der Waals surface area (Å²) in [6, 6.07) is 0. The van der Waals surface area contributed by atoms with E-state index in [2.05, 4.69) is 38.2 Å². The highest BCUT2D eigenvalue weighted by atomic mass is 16.7. The van der Waals surface area contributed by atoms with E-state index in [0.717, 1.165) is 51.4 Å². The largest absolute Gasteiger partial charge is 0.457 e. The molecule has 2 aliphatic heterocycles. The maximum atomic E-state index is 12.9. The Kier molecular flexibility index (Phi) is 30.1. The van der Waals surface area contributed by atoms with Gasteiger partial charge in [0.1, 0.15) is 54.9 Å². The third-order valence-electron chi connectivity index (χ3n) is 10.7. The minimum atomic E-state index is -1.70. The third kappa shape index (κ3) is 21.8. The first-order valence-corrected chi connectivity index (χ1v) is 22.4. The van der Waals surface area contributed by atoms with Crippen LogP contribution in [0.25, 0.3) is 0 Å².